The second kappa shape index (κ2) is 12.3. The van der Waals surface area contributed by atoms with Gasteiger partial charge in [0.2, 0.25) is 0 Å². The predicted octanol–water partition coefficient (Wildman–Crippen LogP) is 5.91. The molecule has 0 aromatic heterocycles. The molecule has 124 valence electrons. The van der Waals surface area contributed by atoms with E-state index >= 15 is 0 Å². The van der Waals surface area contributed by atoms with E-state index in [0.717, 1.165) is 17.9 Å². The average Bonchev–Trinajstić information content (AvgIpc) is 2.93. The zero-order chi connectivity index (χ0) is 16.0. The van der Waals surface area contributed by atoms with Gasteiger partial charge in [0.15, 0.2) is 0 Å². The van der Waals surface area contributed by atoms with Gasteiger partial charge in [-0.1, -0.05) is 82.2 Å². The highest BCUT2D eigenvalue weighted by molar-refractivity contribution is 5.80. The monoisotopic (exact) mass is 304 g/mol. The van der Waals surface area contributed by atoms with Crippen LogP contribution in [0.15, 0.2) is 36.5 Å². The summed E-state index contributed by atoms with van der Waals surface area (Å²) in [4.78, 5) is 10.3. The van der Waals surface area contributed by atoms with Crippen LogP contribution in [0.1, 0.15) is 71.1 Å². The Morgan fingerprint density at radius 1 is 1.00 bits per heavy atom. The van der Waals surface area contributed by atoms with Crippen molar-refractivity contribution in [2.45, 2.75) is 71.1 Å². The van der Waals surface area contributed by atoms with Gasteiger partial charge in [0.05, 0.1) is 0 Å². The van der Waals surface area contributed by atoms with Gasteiger partial charge in [-0.25, -0.2) is 4.79 Å². The highest BCUT2D eigenvalue weighted by Crippen LogP contribution is 2.36. The summed E-state index contributed by atoms with van der Waals surface area (Å²) in [6.45, 7) is 2.27. The molecule has 0 radical (unpaired) electrons. The Morgan fingerprint density at radius 2 is 1.73 bits per heavy atom. The second-order valence-electron chi connectivity index (χ2n) is 6.38. The smallest absolute Gasteiger partial charge is 0.328 e. The number of carboxylic acids is 1. The lowest BCUT2D eigenvalue weighted by Crippen LogP contribution is -2.04. The van der Waals surface area contributed by atoms with E-state index in [-0.39, 0.29) is 0 Å². The van der Waals surface area contributed by atoms with E-state index in [1.165, 1.54) is 64.2 Å². The first-order valence-corrected chi connectivity index (χ1v) is 8.98. The van der Waals surface area contributed by atoms with Gasteiger partial charge in [-0.05, 0) is 31.1 Å². The van der Waals surface area contributed by atoms with E-state index in [2.05, 4.69) is 19.1 Å². The number of hydrogen-bond donors (Lipinski definition) is 1. The molecule has 1 fully saturated rings. The van der Waals surface area contributed by atoms with Gasteiger partial charge in [0.25, 0.3) is 0 Å². The van der Waals surface area contributed by atoms with Crippen molar-refractivity contribution in [2.75, 3.05) is 0 Å². The molecule has 0 amide bonds. The summed E-state index contributed by atoms with van der Waals surface area (Å²) in [6, 6.07) is 0. The third kappa shape index (κ3) is 8.86. The number of carbonyl (C=O) groups is 1. The zero-order valence-corrected chi connectivity index (χ0v) is 14.0. The maximum Gasteiger partial charge on any atom is 0.328 e. The Labute approximate surface area is 136 Å². The molecule has 2 atom stereocenters. The minimum absolute atomic E-state index is 0.726. The summed E-state index contributed by atoms with van der Waals surface area (Å²) in [5.74, 6) is 0.692. The summed E-state index contributed by atoms with van der Waals surface area (Å²) >= 11 is 0. The first-order chi connectivity index (χ1) is 10.7. The molecule has 0 heterocycles. The van der Waals surface area contributed by atoms with Crippen LogP contribution in [-0.2, 0) is 4.79 Å². The molecule has 0 bridgehead atoms. The maximum absolute atomic E-state index is 10.3. The molecule has 1 aliphatic carbocycles. The van der Waals surface area contributed by atoms with Crippen LogP contribution in [0.3, 0.4) is 0 Å². The van der Waals surface area contributed by atoms with Crippen LogP contribution in [0.4, 0.5) is 0 Å². The SMILES string of the molecule is CCCCCCCC[C@H]1CCC[C@@H]1/C=C/C=C\C=C\C(=O)O. The fourth-order valence-electron chi connectivity index (χ4n) is 3.34. The van der Waals surface area contributed by atoms with Crippen LogP contribution >= 0.6 is 0 Å². The molecular weight excluding hydrogens is 272 g/mol. The van der Waals surface area contributed by atoms with Crippen LogP contribution in [-0.4, -0.2) is 11.1 Å². The van der Waals surface area contributed by atoms with E-state index in [4.69, 9.17) is 5.11 Å². The van der Waals surface area contributed by atoms with Gasteiger partial charge in [0, 0.05) is 6.08 Å². The minimum atomic E-state index is -0.900. The predicted molar refractivity (Wildman–Crippen MR) is 93.9 cm³/mol. The third-order valence-corrected chi connectivity index (χ3v) is 4.58. The van der Waals surface area contributed by atoms with Gasteiger partial charge in [-0.15, -0.1) is 0 Å². The lowest BCUT2D eigenvalue weighted by atomic mass is 9.90. The quantitative estimate of drug-likeness (QED) is 0.293. The Kier molecular flexibility index (Phi) is 10.4. The third-order valence-electron chi connectivity index (χ3n) is 4.58. The van der Waals surface area contributed by atoms with Crippen molar-refractivity contribution >= 4 is 5.97 Å². The number of hydrogen-bond acceptors (Lipinski definition) is 1. The molecule has 0 spiro atoms. The van der Waals surface area contributed by atoms with Gasteiger partial charge >= 0.3 is 5.97 Å². The van der Waals surface area contributed by atoms with Crippen molar-refractivity contribution in [1.82, 2.24) is 0 Å². The zero-order valence-electron chi connectivity index (χ0n) is 14.0. The summed E-state index contributed by atoms with van der Waals surface area (Å²) in [5.41, 5.74) is 0. The second-order valence-corrected chi connectivity index (χ2v) is 6.38. The number of allylic oxidation sites excluding steroid dienone is 5. The van der Waals surface area contributed by atoms with Crippen molar-refractivity contribution in [3.63, 3.8) is 0 Å². The van der Waals surface area contributed by atoms with Crippen LogP contribution in [0, 0.1) is 11.8 Å². The van der Waals surface area contributed by atoms with Crippen molar-refractivity contribution in [3.05, 3.63) is 36.5 Å². The normalized spacial score (nSPS) is 22.4. The molecule has 0 aromatic rings. The molecule has 0 aromatic carbocycles. The summed E-state index contributed by atoms with van der Waals surface area (Å²) in [5, 5.41) is 8.49. The lowest BCUT2D eigenvalue weighted by molar-refractivity contribution is -0.131. The van der Waals surface area contributed by atoms with Crippen molar-refractivity contribution < 1.29 is 9.90 Å². The highest BCUT2D eigenvalue weighted by Gasteiger charge is 2.24. The molecular formula is C20H32O2. The number of unbranched alkanes of at least 4 members (excludes halogenated alkanes) is 5. The van der Waals surface area contributed by atoms with Crippen LogP contribution in [0.5, 0.6) is 0 Å². The summed E-state index contributed by atoms with van der Waals surface area (Å²) in [7, 11) is 0. The van der Waals surface area contributed by atoms with Gasteiger partial charge < -0.3 is 5.11 Å². The standard InChI is InChI=1S/C20H32O2/c1-2-3-4-5-6-9-13-18-15-12-16-19(18)14-10-7-8-11-17-20(21)22/h7-8,10-11,14,17-19H,2-6,9,12-13,15-16H2,1H3,(H,21,22)/b8-7-,14-10+,17-11+/t18-,19-/m0/s1. The topological polar surface area (TPSA) is 37.3 Å². The van der Waals surface area contributed by atoms with E-state index in [9.17, 15) is 4.79 Å². The van der Waals surface area contributed by atoms with Crippen molar-refractivity contribution in [2.24, 2.45) is 11.8 Å². The number of carboxylic acid groups (broad SMARTS) is 1. The Hall–Kier alpha value is -1.31. The Bertz CT molecular complexity index is 379. The first-order valence-electron chi connectivity index (χ1n) is 8.98. The van der Waals surface area contributed by atoms with E-state index < -0.39 is 5.97 Å². The molecule has 0 saturated heterocycles. The molecule has 22 heavy (non-hydrogen) atoms. The maximum atomic E-state index is 10.3. The van der Waals surface area contributed by atoms with Gasteiger partial charge in [0.1, 0.15) is 0 Å². The van der Waals surface area contributed by atoms with E-state index in [0.29, 0.717) is 0 Å². The molecule has 0 unspecified atom stereocenters. The van der Waals surface area contributed by atoms with E-state index in [1.54, 1.807) is 12.2 Å². The molecule has 2 nitrogen and oxygen atoms in total. The molecule has 1 N–H and O–H groups in total. The van der Waals surface area contributed by atoms with Crippen molar-refractivity contribution in [1.29, 1.82) is 0 Å². The Morgan fingerprint density at radius 3 is 2.50 bits per heavy atom. The van der Waals surface area contributed by atoms with Crippen LogP contribution < -0.4 is 0 Å². The van der Waals surface area contributed by atoms with Gasteiger partial charge in [-0.3, -0.25) is 0 Å². The fourth-order valence-corrected chi connectivity index (χ4v) is 3.34. The number of rotatable bonds is 11. The lowest BCUT2D eigenvalue weighted by Gasteiger charge is -2.15. The molecule has 1 aliphatic rings. The fraction of sp³-hybridized carbons (Fsp3) is 0.650. The number of aliphatic carboxylic acids is 1. The van der Waals surface area contributed by atoms with Gasteiger partial charge in [-0.2, -0.15) is 0 Å². The average molecular weight is 304 g/mol. The molecule has 0 aliphatic heterocycles. The first kappa shape index (κ1) is 18.7. The van der Waals surface area contributed by atoms with Crippen LogP contribution in [0.25, 0.3) is 0 Å². The van der Waals surface area contributed by atoms with Crippen molar-refractivity contribution in [3.8, 4) is 0 Å². The van der Waals surface area contributed by atoms with E-state index in [1.807, 2.05) is 6.08 Å². The molecule has 1 rings (SSSR count). The molecule has 1 saturated carbocycles. The molecule has 2 heteroatoms. The van der Waals surface area contributed by atoms with Crippen LogP contribution in [0.2, 0.25) is 0 Å². The Balaban J connectivity index is 2.20. The minimum Gasteiger partial charge on any atom is -0.478 e. The summed E-state index contributed by atoms with van der Waals surface area (Å²) in [6.07, 6.45) is 24.6. The highest BCUT2D eigenvalue weighted by atomic mass is 16.4. The largest absolute Gasteiger partial charge is 0.478 e. The summed E-state index contributed by atoms with van der Waals surface area (Å²) < 4.78 is 0.